The van der Waals surface area contributed by atoms with Crippen molar-refractivity contribution in [1.82, 2.24) is 15.0 Å². The summed E-state index contributed by atoms with van der Waals surface area (Å²) in [6.07, 6.45) is 7.35. The number of nitrogens with zero attached hydrogens (tertiary/aromatic N) is 4. The molecule has 3 aromatic rings. The maximum Gasteiger partial charge on any atom is 0.247 e. The Morgan fingerprint density at radius 1 is 1.22 bits per heavy atom. The number of anilines is 3. The third kappa shape index (κ3) is 5.41. The molecule has 4 rings (SSSR count). The molecule has 9 nitrogen and oxygen atoms in total. The quantitative estimate of drug-likeness (QED) is 0.414. The number of carbonyl (C=O) groups excluding carboxylic acids is 1. The number of ether oxygens (including phenoxy) is 2. The van der Waals surface area contributed by atoms with Crippen molar-refractivity contribution >= 4 is 46.6 Å². The number of fused-ring (bicyclic) bond motifs is 1. The van der Waals surface area contributed by atoms with Crippen molar-refractivity contribution in [3.8, 4) is 11.5 Å². The number of nitrogens with one attached hydrogen (secondary N) is 2. The van der Waals surface area contributed by atoms with Crippen LogP contribution in [0.25, 0.3) is 11.6 Å². The van der Waals surface area contributed by atoms with Crippen molar-refractivity contribution in [3.63, 3.8) is 0 Å². The van der Waals surface area contributed by atoms with Gasteiger partial charge in [0.2, 0.25) is 11.9 Å². The van der Waals surface area contributed by atoms with Gasteiger partial charge in [0.05, 0.1) is 31.1 Å². The van der Waals surface area contributed by atoms with Gasteiger partial charge < -0.3 is 25.0 Å². The van der Waals surface area contributed by atoms with Gasteiger partial charge in [0, 0.05) is 55.6 Å². The summed E-state index contributed by atoms with van der Waals surface area (Å²) in [6.45, 7) is 4.67. The number of benzene rings is 1. The minimum Gasteiger partial charge on any atom is -0.497 e. The number of rotatable bonds is 9. The van der Waals surface area contributed by atoms with Crippen molar-refractivity contribution in [2.24, 2.45) is 0 Å². The maximum absolute atomic E-state index is 11.5. The Labute approximate surface area is 214 Å². The molecule has 0 unspecified atom stereocenters. The number of pyridine rings is 1. The van der Waals surface area contributed by atoms with Crippen LogP contribution in [0.3, 0.4) is 0 Å². The first-order valence-electron chi connectivity index (χ1n) is 11.3. The van der Waals surface area contributed by atoms with E-state index < -0.39 is 0 Å². The highest BCUT2D eigenvalue weighted by Gasteiger charge is 2.24. The van der Waals surface area contributed by atoms with Crippen LogP contribution in [0.4, 0.5) is 17.5 Å². The SMILES string of the molecule is C=CC(=O)Nc1ccc(CCN2CC(c3cc(OC)cc(OC)c3Cl)=Cc3cnc(NC)nc32)nc1. The average Bonchev–Trinajstić information content (AvgIpc) is 2.92. The Bertz CT molecular complexity index is 1310. The number of aromatic nitrogens is 3. The van der Waals surface area contributed by atoms with E-state index in [-0.39, 0.29) is 5.91 Å². The topological polar surface area (TPSA) is 102 Å². The first-order chi connectivity index (χ1) is 17.4. The molecular weight excluding hydrogens is 480 g/mol. The monoisotopic (exact) mass is 506 g/mol. The van der Waals surface area contributed by atoms with Crippen LogP contribution in [0.15, 0.2) is 49.3 Å². The molecule has 0 atom stereocenters. The zero-order valence-electron chi connectivity index (χ0n) is 20.3. The molecule has 1 aliphatic rings. The summed E-state index contributed by atoms with van der Waals surface area (Å²) in [5.41, 5.74) is 4.18. The van der Waals surface area contributed by atoms with E-state index in [0.717, 1.165) is 28.2 Å². The van der Waals surface area contributed by atoms with Gasteiger partial charge in [0.1, 0.15) is 17.3 Å². The summed E-state index contributed by atoms with van der Waals surface area (Å²) in [4.78, 5) is 27.3. The molecule has 36 heavy (non-hydrogen) atoms. The standard InChI is InChI=1S/C26H27ClN6O3/c1-5-23(34)31-19-7-6-18(29-14-19)8-9-33-15-17(10-16-13-30-26(28-2)32-25(16)33)21-11-20(35-3)12-22(36-4)24(21)27/h5-7,10-14H,1,8-9,15H2,2-4H3,(H,31,34)(H,28,30,32). The van der Waals surface area contributed by atoms with Gasteiger partial charge in [-0.05, 0) is 35.9 Å². The number of amides is 1. The smallest absolute Gasteiger partial charge is 0.247 e. The van der Waals surface area contributed by atoms with Gasteiger partial charge in [-0.25, -0.2) is 4.98 Å². The molecule has 186 valence electrons. The van der Waals surface area contributed by atoms with Crippen LogP contribution in [0.1, 0.15) is 16.8 Å². The van der Waals surface area contributed by atoms with Gasteiger partial charge in [-0.15, -0.1) is 0 Å². The molecule has 2 N–H and O–H groups in total. The van der Waals surface area contributed by atoms with E-state index in [2.05, 4.69) is 32.1 Å². The van der Waals surface area contributed by atoms with Crippen LogP contribution in [0, 0.1) is 0 Å². The van der Waals surface area contributed by atoms with Crippen molar-refractivity contribution in [3.05, 3.63) is 71.2 Å². The van der Waals surface area contributed by atoms with Crippen molar-refractivity contribution in [1.29, 1.82) is 0 Å². The van der Waals surface area contributed by atoms with E-state index >= 15 is 0 Å². The van der Waals surface area contributed by atoms with E-state index in [1.807, 2.05) is 24.3 Å². The van der Waals surface area contributed by atoms with Gasteiger partial charge in [-0.1, -0.05) is 18.2 Å². The third-order valence-corrected chi connectivity index (χ3v) is 6.13. The Morgan fingerprint density at radius 3 is 2.72 bits per heavy atom. The highest BCUT2D eigenvalue weighted by atomic mass is 35.5. The lowest BCUT2D eigenvalue weighted by Gasteiger charge is -2.31. The van der Waals surface area contributed by atoms with E-state index in [4.69, 9.17) is 26.1 Å². The lowest BCUT2D eigenvalue weighted by Crippen LogP contribution is -2.32. The van der Waals surface area contributed by atoms with Crippen LogP contribution in [-0.4, -0.2) is 55.2 Å². The normalized spacial score (nSPS) is 12.3. The third-order valence-electron chi connectivity index (χ3n) is 5.74. The Balaban J connectivity index is 1.63. The zero-order chi connectivity index (χ0) is 25.7. The zero-order valence-corrected chi connectivity index (χ0v) is 21.1. The fourth-order valence-electron chi connectivity index (χ4n) is 3.88. The predicted octanol–water partition coefficient (Wildman–Crippen LogP) is 4.31. The van der Waals surface area contributed by atoms with Gasteiger partial charge in [-0.3, -0.25) is 9.78 Å². The second kappa shape index (κ2) is 11.1. The molecule has 3 heterocycles. The summed E-state index contributed by atoms with van der Waals surface area (Å²) in [7, 11) is 4.97. The molecule has 10 heteroatoms. The minimum absolute atomic E-state index is 0.276. The van der Waals surface area contributed by atoms with Gasteiger partial charge in [-0.2, -0.15) is 4.98 Å². The summed E-state index contributed by atoms with van der Waals surface area (Å²) in [5.74, 6) is 2.27. The molecule has 0 spiro atoms. The Morgan fingerprint density at radius 2 is 2.06 bits per heavy atom. The lowest BCUT2D eigenvalue weighted by molar-refractivity contribution is -0.111. The van der Waals surface area contributed by atoms with Gasteiger partial charge in [0.15, 0.2) is 0 Å². The molecule has 0 radical (unpaired) electrons. The molecule has 0 saturated heterocycles. The van der Waals surface area contributed by atoms with E-state index in [1.54, 1.807) is 39.7 Å². The molecule has 1 amide bonds. The van der Waals surface area contributed by atoms with Crippen LogP contribution in [-0.2, 0) is 11.2 Å². The van der Waals surface area contributed by atoms with Gasteiger partial charge >= 0.3 is 0 Å². The fourth-order valence-corrected chi connectivity index (χ4v) is 4.19. The summed E-state index contributed by atoms with van der Waals surface area (Å²) < 4.78 is 10.9. The molecular formula is C26H27ClN6O3. The first kappa shape index (κ1) is 25.0. The van der Waals surface area contributed by atoms with Crippen LogP contribution in [0.5, 0.6) is 11.5 Å². The van der Waals surface area contributed by atoms with Crippen LogP contribution in [0.2, 0.25) is 5.02 Å². The number of hydrogen-bond acceptors (Lipinski definition) is 8. The van der Waals surface area contributed by atoms with Gasteiger partial charge in [0.25, 0.3) is 0 Å². The first-order valence-corrected chi connectivity index (χ1v) is 11.6. The molecule has 2 aromatic heterocycles. The molecule has 0 fully saturated rings. The molecule has 0 saturated carbocycles. The van der Waals surface area contributed by atoms with Crippen molar-refractivity contribution in [2.45, 2.75) is 6.42 Å². The van der Waals surface area contributed by atoms with Crippen molar-refractivity contribution < 1.29 is 14.3 Å². The fraction of sp³-hybridized carbons (Fsp3) is 0.231. The van der Waals surface area contributed by atoms with E-state index in [9.17, 15) is 4.79 Å². The van der Waals surface area contributed by atoms with Crippen LogP contribution >= 0.6 is 11.6 Å². The summed E-state index contributed by atoms with van der Waals surface area (Å²) in [6, 6.07) is 7.38. The highest BCUT2D eigenvalue weighted by Crippen LogP contribution is 2.40. The molecule has 0 bridgehead atoms. The number of hydrogen-bond donors (Lipinski definition) is 2. The van der Waals surface area contributed by atoms with E-state index in [0.29, 0.717) is 47.7 Å². The Kier molecular flexibility index (Phi) is 7.70. The van der Waals surface area contributed by atoms with Crippen LogP contribution < -0.4 is 25.0 Å². The second-order valence-corrected chi connectivity index (χ2v) is 8.36. The van der Waals surface area contributed by atoms with Crippen molar-refractivity contribution in [2.75, 3.05) is 49.9 Å². The summed E-state index contributed by atoms with van der Waals surface area (Å²) >= 11 is 6.70. The second-order valence-electron chi connectivity index (χ2n) is 7.99. The lowest BCUT2D eigenvalue weighted by atomic mass is 9.98. The molecule has 1 aliphatic heterocycles. The Hall–Kier alpha value is -4.11. The number of carbonyl (C=O) groups is 1. The highest BCUT2D eigenvalue weighted by molar-refractivity contribution is 6.34. The predicted molar refractivity (Wildman–Crippen MR) is 143 cm³/mol. The average molecular weight is 507 g/mol. The number of methoxy groups -OCH3 is 2. The maximum atomic E-state index is 11.5. The number of halogens is 1. The molecule has 0 aliphatic carbocycles. The minimum atomic E-state index is -0.276. The summed E-state index contributed by atoms with van der Waals surface area (Å²) in [5, 5.41) is 6.22. The molecule has 1 aromatic carbocycles. The van der Waals surface area contributed by atoms with E-state index in [1.165, 1.54) is 6.08 Å². The largest absolute Gasteiger partial charge is 0.497 e.